The van der Waals surface area contributed by atoms with Gasteiger partial charge in [-0.25, -0.2) is 0 Å². The van der Waals surface area contributed by atoms with E-state index in [0.29, 0.717) is 0 Å². The third-order valence-corrected chi connectivity index (χ3v) is 11.6. The van der Waals surface area contributed by atoms with E-state index < -0.39 is 0 Å². The minimum atomic E-state index is 1.13. The molecule has 0 aliphatic rings. The van der Waals surface area contributed by atoms with Crippen molar-refractivity contribution in [3.05, 3.63) is 188 Å². The molecule has 4 heteroatoms. The Hall–Kier alpha value is -6.62. The first kappa shape index (κ1) is 29.1. The van der Waals surface area contributed by atoms with Gasteiger partial charge in [-0.3, -0.25) is 0 Å². The standard InChI is InChI=1S/C48H31N3S/c1-5-15-32(16-6-1)49(33-17-7-2-8-18-33)36-25-29-43-40(31-36)46-44(52-43)30-27-39-45-42(51(48(39)46)35-21-11-4-12-22-35)28-26-38-37-23-13-14-24-41(37)50(47(38)45)34-19-9-3-10-20-34/h1-31H. The number of hydrogen-bond donors (Lipinski definition) is 0. The SMILES string of the molecule is c1ccc(N(c2ccccc2)c2ccc3sc4ccc5c6c(ccc7c8ccccc8n(-c8ccccc8)c76)n(-c6ccccc6)c5c4c3c2)cc1. The van der Waals surface area contributed by atoms with Crippen LogP contribution in [0.15, 0.2) is 188 Å². The third kappa shape index (κ3) is 4.25. The van der Waals surface area contributed by atoms with Crippen molar-refractivity contribution in [2.75, 3.05) is 4.90 Å². The maximum Gasteiger partial charge on any atom is 0.0641 e. The molecule has 0 saturated heterocycles. The second-order valence-electron chi connectivity index (χ2n) is 13.3. The number of benzene rings is 8. The van der Waals surface area contributed by atoms with Crippen LogP contribution in [0.4, 0.5) is 17.1 Å². The molecule has 0 bridgehead atoms. The Morgan fingerprint density at radius 1 is 0.346 bits per heavy atom. The van der Waals surface area contributed by atoms with Gasteiger partial charge in [0, 0.05) is 70.2 Å². The zero-order chi connectivity index (χ0) is 34.2. The molecule has 0 fully saturated rings. The van der Waals surface area contributed by atoms with Gasteiger partial charge in [-0.15, -0.1) is 11.3 Å². The fourth-order valence-electron chi connectivity index (χ4n) is 8.32. The average Bonchev–Trinajstić information content (AvgIpc) is 3.87. The predicted molar refractivity (Wildman–Crippen MR) is 223 cm³/mol. The van der Waals surface area contributed by atoms with Crippen molar-refractivity contribution in [2.45, 2.75) is 0 Å². The van der Waals surface area contributed by atoms with Gasteiger partial charge in [-0.05, 0) is 84.9 Å². The van der Waals surface area contributed by atoms with Crippen LogP contribution in [0.3, 0.4) is 0 Å². The number of para-hydroxylation sites is 5. The summed E-state index contributed by atoms with van der Waals surface area (Å²) in [5, 5.41) is 7.60. The second-order valence-corrected chi connectivity index (χ2v) is 14.4. The van der Waals surface area contributed by atoms with Gasteiger partial charge in [-0.1, -0.05) is 103 Å². The molecule has 0 radical (unpaired) electrons. The molecule has 244 valence electrons. The van der Waals surface area contributed by atoms with E-state index in [2.05, 4.69) is 202 Å². The summed E-state index contributed by atoms with van der Waals surface area (Å²) in [4.78, 5) is 2.36. The third-order valence-electron chi connectivity index (χ3n) is 10.5. The van der Waals surface area contributed by atoms with Gasteiger partial charge in [0.2, 0.25) is 0 Å². The molecule has 8 aromatic carbocycles. The normalized spacial score (nSPS) is 11.8. The molecule has 0 aliphatic carbocycles. The van der Waals surface area contributed by atoms with Crippen LogP contribution in [0.5, 0.6) is 0 Å². The molecule has 52 heavy (non-hydrogen) atoms. The summed E-state index contributed by atoms with van der Waals surface area (Å²) in [5.74, 6) is 0. The zero-order valence-electron chi connectivity index (χ0n) is 28.1. The van der Waals surface area contributed by atoms with Crippen LogP contribution in [0, 0.1) is 0 Å². The van der Waals surface area contributed by atoms with Crippen LogP contribution in [-0.4, -0.2) is 9.13 Å². The van der Waals surface area contributed by atoms with Crippen molar-refractivity contribution in [1.82, 2.24) is 9.13 Å². The summed E-state index contributed by atoms with van der Waals surface area (Å²) in [5.41, 5.74) is 10.6. The second kappa shape index (κ2) is 11.5. The molecule has 0 amide bonds. The zero-order valence-corrected chi connectivity index (χ0v) is 29.0. The van der Waals surface area contributed by atoms with Gasteiger partial charge in [0.25, 0.3) is 0 Å². The number of nitrogens with zero attached hydrogens (tertiary/aromatic N) is 3. The summed E-state index contributed by atoms with van der Waals surface area (Å²) in [7, 11) is 0. The molecule has 11 aromatic rings. The summed E-state index contributed by atoms with van der Waals surface area (Å²) in [6, 6.07) is 68.2. The van der Waals surface area contributed by atoms with Crippen LogP contribution in [0.2, 0.25) is 0 Å². The van der Waals surface area contributed by atoms with Crippen LogP contribution < -0.4 is 4.90 Å². The lowest BCUT2D eigenvalue weighted by atomic mass is 10.0. The molecule has 3 heterocycles. The number of fused-ring (bicyclic) bond motifs is 11. The first-order valence-corrected chi connectivity index (χ1v) is 18.5. The van der Waals surface area contributed by atoms with Gasteiger partial charge in [0.15, 0.2) is 0 Å². The first-order valence-electron chi connectivity index (χ1n) is 17.7. The first-order chi connectivity index (χ1) is 25.8. The smallest absolute Gasteiger partial charge is 0.0641 e. The Bertz CT molecular complexity index is 3060. The summed E-state index contributed by atoms with van der Waals surface area (Å²) in [6.45, 7) is 0. The lowest BCUT2D eigenvalue weighted by molar-refractivity contribution is 1.18. The maximum atomic E-state index is 2.50. The lowest BCUT2D eigenvalue weighted by Crippen LogP contribution is -2.09. The molecular formula is C48H31N3S. The van der Waals surface area contributed by atoms with Gasteiger partial charge in [0.1, 0.15) is 0 Å². The Morgan fingerprint density at radius 3 is 1.56 bits per heavy atom. The van der Waals surface area contributed by atoms with Crippen molar-refractivity contribution >= 4 is 92.2 Å². The van der Waals surface area contributed by atoms with Crippen molar-refractivity contribution in [2.24, 2.45) is 0 Å². The quantitative estimate of drug-likeness (QED) is 0.176. The fraction of sp³-hybridized carbons (Fsp3) is 0. The Kier molecular flexibility index (Phi) is 6.42. The van der Waals surface area contributed by atoms with Crippen molar-refractivity contribution in [1.29, 1.82) is 0 Å². The largest absolute Gasteiger partial charge is 0.310 e. The van der Waals surface area contributed by atoms with E-state index in [9.17, 15) is 0 Å². The monoisotopic (exact) mass is 681 g/mol. The molecule has 0 spiro atoms. The van der Waals surface area contributed by atoms with E-state index in [1.54, 1.807) is 0 Å². The van der Waals surface area contributed by atoms with Gasteiger partial charge >= 0.3 is 0 Å². The highest BCUT2D eigenvalue weighted by molar-refractivity contribution is 7.26. The maximum absolute atomic E-state index is 2.50. The van der Waals surface area contributed by atoms with Gasteiger partial charge < -0.3 is 14.0 Å². The van der Waals surface area contributed by atoms with Crippen molar-refractivity contribution in [3.63, 3.8) is 0 Å². The molecule has 0 aliphatic heterocycles. The van der Waals surface area contributed by atoms with E-state index in [1.807, 2.05) is 11.3 Å². The molecule has 0 unspecified atom stereocenters. The van der Waals surface area contributed by atoms with Crippen molar-refractivity contribution in [3.8, 4) is 11.4 Å². The Balaban J connectivity index is 1.30. The molecule has 3 nitrogen and oxygen atoms in total. The number of rotatable bonds is 5. The van der Waals surface area contributed by atoms with Crippen LogP contribution >= 0.6 is 11.3 Å². The molecule has 3 aromatic heterocycles. The number of aromatic nitrogens is 2. The average molecular weight is 682 g/mol. The van der Waals surface area contributed by atoms with Crippen molar-refractivity contribution < 1.29 is 0 Å². The van der Waals surface area contributed by atoms with E-state index in [4.69, 9.17) is 0 Å². The highest BCUT2D eigenvalue weighted by Crippen LogP contribution is 2.48. The molecular weight excluding hydrogens is 651 g/mol. The summed E-state index contributed by atoms with van der Waals surface area (Å²) >= 11 is 1.87. The van der Waals surface area contributed by atoms with E-state index in [-0.39, 0.29) is 0 Å². The molecule has 0 atom stereocenters. The number of anilines is 3. The van der Waals surface area contributed by atoms with Crippen LogP contribution in [0.25, 0.3) is 75.2 Å². The topological polar surface area (TPSA) is 13.1 Å². The van der Waals surface area contributed by atoms with E-state index >= 15 is 0 Å². The molecule has 0 saturated carbocycles. The highest BCUT2D eigenvalue weighted by atomic mass is 32.1. The summed E-state index contributed by atoms with van der Waals surface area (Å²) < 4.78 is 7.53. The predicted octanol–water partition coefficient (Wildman–Crippen LogP) is 13.7. The number of hydrogen-bond acceptors (Lipinski definition) is 2. The van der Waals surface area contributed by atoms with Crippen LogP contribution in [0.1, 0.15) is 0 Å². The highest BCUT2D eigenvalue weighted by Gasteiger charge is 2.24. The molecule has 11 rings (SSSR count). The van der Waals surface area contributed by atoms with E-state index in [0.717, 1.165) is 28.4 Å². The number of thiophene rings is 1. The van der Waals surface area contributed by atoms with Gasteiger partial charge in [0.05, 0.1) is 22.1 Å². The van der Waals surface area contributed by atoms with Crippen LogP contribution in [-0.2, 0) is 0 Å². The Labute approximate surface area is 304 Å². The Morgan fingerprint density at radius 2 is 0.885 bits per heavy atom. The fourth-order valence-corrected chi connectivity index (χ4v) is 9.41. The van der Waals surface area contributed by atoms with E-state index in [1.165, 1.54) is 63.8 Å². The minimum Gasteiger partial charge on any atom is -0.310 e. The van der Waals surface area contributed by atoms with Gasteiger partial charge in [-0.2, -0.15) is 0 Å². The lowest BCUT2D eigenvalue weighted by Gasteiger charge is -2.25. The minimum absolute atomic E-state index is 1.13. The molecule has 0 N–H and O–H groups in total. The summed E-state index contributed by atoms with van der Waals surface area (Å²) in [6.07, 6.45) is 0.